The molecule has 0 spiro atoms. The molecule has 0 aromatic heterocycles. The molecule has 0 radical (unpaired) electrons. The zero-order valence-corrected chi connectivity index (χ0v) is 17.8. The number of anilines is 1. The van der Waals surface area contributed by atoms with Crippen molar-refractivity contribution in [3.05, 3.63) is 29.3 Å². The minimum absolute atomic E-state index is 0.0236. The second-order valence-corrected chi connectivity index (χ2v) is 7.69. The first-order chi connectivity index (χ1) is 15.3. The molecule has 0 aliphatic carbocycles. The second kappa shape index (κ2) is 10.9. The number of carboxylic acids is 1. The van der Waals surface area contributed by atoms with Gasteiger partial charge in [0.1, 0.15) is 0 Å². The molecule has 7 nitrogen and oxygen atoms in total. The van der Waals surface area contributed by atoms with E-state index < -0.39 is 30.5 Å². The minimum atomic E-state index is -5.75. The van der Waals surface area contributed by atoms with E-state index in [9.17, 15) is 35.9 Å². The van der Waals surface area contributed by atoms with E-state index in [1.807, 2.05) is 30.0 Å². The van der Waals surface area contributed by atoms with Crippen LogP contribution in [0.2, 0.25) is 0 Å². The summed E-state index contributed by atoms with van der Waals surface area (Å²) in [4.78, 5) is 25.3. The van der Waals surface area contributed by atoms with Gasteiger partial charge in [-0.3, -0.25) is 9.69 Å². The molecule has 0 atom stereocenters. The van der Waals surface area contributed by atoms with Crippen molar-refractivity contribution in [2.24, 2.45) is 0 Å². The number of carbonyl (C=O) groups is 2. The monoisotopic (exact) mass is 485 g/mol. The number of carboxylic acid groups (broad SMARTS) is 1. The zero-order chi connectivity index (χ0) is 24.8. The third-order valence-corrected chi connectivity index (χ3v) is 4.99. The highest BCUT2D eigenvalue weighted by Gasteiger charge is 2.60. The summed E-state index contributed by atoms with van der Waals surface area (Å²) >= 11 is 0. The van der Waals surface area contributed by atoms with Crippen LogP contribution in [0.4, 0.5) is 36.8 Å². The third kappa shape index (κ3) is 8.30. The van der Waals surface area contributed by atoms with Gasteiger partial charge in [-0.2, -0.15) is 26.3 Å². The molecule has 1 aliphatic heterocycles. The maximum absolute atomic E-state index is 12.6. The van der Waals surface area contributed by atoms with E-state index in [4.69, 9.17) is 5.11 Å². The van der Waals surface area contributed by atoms with Crippen molar-refractivity contribution in [2.75, 3.05) is 38.0 Å². The Kier molecular flexibility index (Phi) is 8.81. The molecular formula is C20H25F6N3O4. The van der Waals surface area contributed by atoms with Gasteiger partial charge in [-0.05, 0) is 30.5 Å². The van der Waals surface area contributed by atoms with Crippen LogP contribution >= 0.6 is 0 Å². The lowest BCUT2D eigenvalue weighted by Gasteiger charge is -2.35. The van der Waals surface area contributed by atoms with Crippen LogP contribution in [0, 0.1) is 6.92 Å². The zero-order valence-electron chi connectivity index (χ0n) is 17.8. The molecule has 2 N–H and O–H groups in total. The Morgan fingerprint density at radius 1 is 1.09 bits per heavy atom. The summed E-state index contributed by atoms with van der Waals surface area (Å²) in [6.07, 6.45) is -16.9. The van der Waals surface area contributed by atoms with Crippen LogP contribution in [-0.4, -0.2) is 78.1 Å². The van der Waals surface area contributed by atoms with Crippen molar-refractivity contribution in [3.63, 3.8) is 0 Å². The average Bonchev–Trinajstić information content (AvgIpc) is 2.69. The van der Waals surface area contributed by atoms with E-state index in [1.54, 1.807) is 0 Å². The molecule has 1 saturated heterocycles. The molecule has 2 rings (SSSR count). The molecule has 13 heteroatoms. The quantitative estimate of drug-likeness (QED) is 0.428. The van der Waals surface area contributed by atoms with Crippen LogP contribution < -0.4 is 5.32 Å². The molecule has 1 fully saturated rings. The number of nitrogens with zero attached hydrogens (tertiary/aromatic N) is 2. The standard InChI is InChI=1S/C20H25F6N3O4/c1-13-4-5-14(15(11-13)27-6-2-3-16(30)31)12-28-7-9-29(10-8-28)18(32)33-17(19(21,22)23)20(24,25)26/h4-5,11,17,27H,2-3,6-10,12H2,1H3,(H,30,31). The van der Waals surface area contributed by atoms with Crippen molar-refractivity contribution in [2.45, 2.75) is 44.8 Å². The van der Waals surface area contributed by atoms with Gasteiger partial charge >= 0.3 is 24.4 Å². The number of aryl methyl sites for hydroxylation is 1. The first-order valence-electron chi connectivity index (χ1n) is 10.1. The lowest BCUT2D eigenvalue weighted by molar-refractivity contribution is -0.308. The second-order valence-electron chi connectivity index (χ2n) is 7.69. The maximum atomic E-state index is 12.6. The number of piperazine rings is 1. The van der Waals surface area contributed by atoms with Crippen LogP contribution in [0.25, 0.3) is 0 Å². The van der Waals surface area contributed by atoms with Crippen LogP contribution in [0.5, 0.6) is 0 Å². The summed E-state index contributed by atoms with van der Waals surface area (Å²) in [6, 6.07) is 5.67. The Balaban J connectivity index is 1.92. The number of alkyl halides is 6. The molecule has 186 valence electrons. The molecule has 1 aliphatic rings. The van der Waals surface area contributed by atoms with E-state index in [0.29, 0.717) is 19.5 Å². The molecule has 1 heterocycles. The molecule has 33 heavy (non-hydrogen) atoms. The van der Waals surface area contributed by atoms with Crippen molar-refractivity contribution in [3.8, 4) is 0 Å². The molecule has 0 unspecified atom stereocenters. The summed E-state index contributed by atoms with van der Waals surface area (Å²) in [7, 11) is 0. The van der Waals surface area contributed by atoms with E-state index >= 15 is 0 Å². The number of hydrogen-bond donors (Lipinski definition) is 2. The van der Waals surface area contributed by atoms with Gasteiger partial charge < -0.3 is 20.1 Å². The molecule has 1 aromatic rings. The number of nitrogens with one attached hydrogen (secondary N) is 1. The number of ether oxygens (including phenoxy) is 1. The predicted molar refractivity (Wildman–Crippen MR) is 106 cm³/mol. The molecule has 1 aromatic carbocycles. The summed E-state index contributed by atoms with van der Waals surface area (Å²) in [5.41, 5.74) is 2.68. The lowest BCUT2D eigenvalue weighted by Crippen LogP contribution is -2.52. The maximum Gasteiger partial charge on any atom is 0.434 e. The minimum Gasteiger partial charge on any atom is -0.481 e. The van der Waals surface area contributed by atoms with Crippen molar-refractivity contribution >= 4 is 17.7 Å². The summed E-state index contributed by atoms with van der Waals surface area (Å²) in [5.74, 6) is -0.894. The van der Waals surface area contributed by atoms with Gasteiger partial charge in [0.2, 0.25) is 0 Å². The Labute approximate surface area is 186 Å². The first kappa shape index (κ1) is 26.6. The summed E-state index contributed by atoms with van der Waals surface area (Å²) in [6.45, 7) is 3.04. The summed E-state index contributed by atoms with van der Waals surface area (Å²) < 4.78 is 79.4. The van der Waals surface area contributed by atoms with Crippen LogP contribution in [0.1, 0.15) is 24.0 Å². The lowest BCUT2D eigenvalue weighted by atomic mass is 10.1. The van der Waals surface area contributed by atoms with Crippen molar-refractivity contribution in [1.29, 1.82) is 0 Å². The van der Waals surface area contributed by atoms with E-state index in [1.165, 1.54) is 0 Å². The Morgan fingerprint density at radius 2 is 1.70 bits per heavy atom. The van der Waals surface area contributed by atoms with Gasteiger partial charge in [0.25, 0.3) is 6.10 Å². The molecule has 0 saturated carbocycles. The number of rotatable bonds is 8. The fraction of sp³-hybridized carbons (Fsp3) is 0.600. The highest BCUT2D eigenvalue weighted by molar-refractivity contribution is 5.68. The van der Waals surface area contributed by atoms with Crippen LogP contribution in [-0.2, 0) is 16.1 Å². The van der Waals surface area contributed by atoms with Crippen molar-refractivity contribution in [1.82, 2.24) is 9.80 Å². The number of benzene rings is 1. The van der Waals surface area contributed by atoms with Crippen molar-refractivity contribution < 1.29 is 45.8 Å². The smallest absolute Gasteiger partial charge is 0.434 e. The molecule has 0 bridgehead atoms. The fourth-order valence-electron chi connectivity index (χ4n) is 3.28. The van der Waals surface area contributed by atoms with Gasteiger partial charge in [0.15, 0.2) is 0 Å². The predicted octanol–water partition coefficient (Wildman–Crippen LogP) is 4.02. The SMILES string of the molecule is Cc1ccc(CN2CCN(C(=O)OC(C(F)(F)F)C(F)(F)F)CC2)c(NCCCC(=O)O)c1. The Morgan fingerprint density at radius 3 is 2.24 bits per heavy atom. The van der Waals surface area contributed by atoms with E-state index in [0.717, 1.165) is 21.7 Å². The van der Waals surface area contributed by atoms with Gasteiger partial charge in [-0.15, -0.1) is 0 Å². The number of halogens is 6. The number of aliphatic carboxylic acids is 1. The van der Waals surface area contributed by atoms with Gasteiger partial charge in [-0.1, -0.05) is 12.1 Å². The number of amides is 1. The Bertz CT molecular complexity index is 809. The van der Waals surface area contributed by atoms with Crippen LogP contribution in [0.15, 0.2) is 18.2 Å². The highest BCUT2D eigenvalue weighted by Crippen LogP contribution is 2.36. The van der Waals surface area contributed by atoms with Gasteiger partial charge in [0.05, 0.1) is 0 Å². The Hall–Kier alpha value is -2.70. The number of hydrogen-bond acceptors (Lipinski definition) is 5. The highest BCUT2D eigenvalue weighted by atomic mass is 19.4. The topological polar surface area (TPSA) is 82.1 Å². The van der Waals surface area contributed by atoms with E-state index in [2.05, 4.69) is 10.1 Å². The number of carbonyl (C=O) groups excluding carboxylic acids is 1. The normalized spacial score (nSPS) is 15.6. The van der Waals surface area contributed by atoms with E-state index in [-0.39, 0.29) is 32.6 Å². The summed E-state index contributed by atoms with van der Waals surface area (Å²) in [5, 5.41) is 11.9. The largest absolute Gasteiger partial charge is 0.481 e. The third-order valence-electron chi connectivity index (χ3n) is 4.99. The van der Waals surface area contributed by atoms with Crippen LogP contribution in [0.3, 0.4) is 0 Å². The van der Waals surface area contributed by atoms with Gasteiger partial charge in [-0.25, -0.2) is 4.79 Å². The first-order valence-corrected chi connectivity index (χ1v) is 10.1. The average molecular weight is 485 g/mol. The molecular weight excluding hydrogens is 460 g/mol. The van der Waals surface area contributed by atoms with Gasteiger partial charge in [0, 0.05) is 51.4 Å². The molecule has 1 amide bonds. The fourth-order valence-corrected chi connectivity index (χ4v) is 3.28.